The summed E-state index contributed by atoms with van der Waals surface area (Å²) in [5, 5.41) is 0. The smallest absolute Gasteiger partial charge is 0.272 e. The first-order valence-corrected chi connectivity index (χ1v) is 20.8. The Hall–Kier alpha value is -7.70. The van der Waals surface area contributed by atoms with E-state index in [-0.39, 0.29) is 11.8 Å². The summed E-state index contributed by atoms with van der Waals surface area (Å²) in [6.45, 7) is 0. The first kappa shape index (κ1) is 35.3. The third kappa shape index (κ3) is 4.90. The van der Waals surface area contributed by atoms with Crippen LogP contribution in [0.5, 0.6) is 11.5 Å². The number of rotatable bonds is 8. The zero-order valence-corrected chi connectivity index (χ0v) is 33.0. The second-order valence-electron chi connectivity index (χ2n) is 16.2. The molecule has 8 aromatic rings. The zero-order chi connectivity index (χ0) is 40.7. The average Bonchev–Trinajstić information content (AvgIpc) is 3.80. The molecule has 2 fully saturated rings. The lowest BCUT2D eigenvalue weighted by Crippen LogP contribution is -2.74. The van der Waals surface area contributed by atoms with Crippen LogP contribution in [0, 0.1) is 0 Å². The van der Waals surface area contributed by atoms with Gasteiger partial charge in [0.25, 0.3) is 11.8 Å². The van der Waals surface area contributed by atoms with Gasteiger partial charge in [-0.2, -0.15) is 0 Å². The van der Waals surface area contributed by atoms with E-state index in [9.17, 15) is 9.59 Å². The molecule has 0 bridgehead atoms. The molecule has 2 heterocycles. The number of nitrogens with zero attached hydrogens (tertiary/aromatic N) is 2. The van der Waals surface area contributed by atoms with Gasteiger partial charge < -0.3 is 9.47 Å². The van der Waals surface area contributed by atoms with Crippen molar-refractivity contribution < 1.29 is 19.1 Å². The van der Waals surface area contributed by atoms with Crippen molar-refractivity contribution in [3.8, 4) is 33.8 Å². The van der Waals surface area contributed by atoms with Crippen LogP contribution >= 0.6 is 0 Å². The van der Waals surface area contributed by atoms with Crippen LogP contribution in [0.2, 0.25) is 0 Å². The first-order chi connectivity index (χ1) is 30.1. The molecule has 0 N–H and O–H groups in total. The maximum absolute atomic E-state index is 14.4. The third-order valence-electron chi connectivity index (χ3n) is 13.1. The van der Waals surface area contributed by atoms with Gasteiger partial charge in [-0.1, -0.05) is 158 Å². The van der Waals surface area contributed by atoms with Gasteiger partial charge in [0.1, 0.15) is 22.6 Å². The largest absolute Gasteiger partial charge is 0.477 e. The highest BCUT2D eigenvalue weighted by Crippen LogP contribution is 2.61. The van der Waals surface area contributed by atoms with Crippen molar-refractivity contribution in [2.24, 2.45) is 0 Å². The molecule has 2 unspecified atom stereocenters. The van der Waals surface area contributed by atoms with E-state index in [2.05, 4.69) is 121 Å². The average molecular weight is 791 g/mol. The summed E-state index contributed by atoms with van der Waals surface area (Å²) in [5.41, 5.74) is 10.9. The quantitative estimate of drug-likeness (QED) is 0.144. The molecule has 4 aliphatic rings. The summed E-state index contributed by atoms with van der Waals surface area (Å²) in [6, 6.07) is 69.3. The monoisotopic (exact) mass is 790 g/mol. The molecule has 0 aromatic heterocycles. The van der Waals surface area contributed by atoms with Crippen molar-refractivity contribution in [1.82, 2.24) is 0 Å². The van der Waals surface area contributed by atoms with Crippen molar-refractivity contribution in [3.63, 3.8) is 0 Å². The molecule has 2 amide bonds. The molecule has 292 valence electrons. The molecular weight excluding hydrogens is 753 g/mol. The van der Waals surface area contributed by atoms with Gasteiger partial charge in [-0.25, -0.2) is 0 Å². The van der Waals surface area contributed by atoms with Gasteiger partial charge in [0.15, 0.2) is 0 Å². The van der Waals surface area contributed by atoms with Crippen LogP contribution in [0.3, 0.4) is 0 Å². The Labute approximate surface area is 353 Å². The third-order valence-corrected chi connectivity index (χ3v) is 13.1. The first-order valence-electron chi connectivity index (χ1n) is 20.8. The van der Waals surface area contributed by atoms with E-state index in [4.69, 9.17) is 9.47 Å². The lowest BCUT2D eigenvalue weighted by Gasteiger charge is -2.55. The lowest BCUT2D eigenvalue weighted by molar-refractivity contribution is -0.140. The van der Waals surface area contributed by atoms with Gasteiger partial charge in [0.2, 0.25) is 12.2 Å². The van der Waals surface area contributed by atoms with Gasteiger partial charge in [-0.3, -0.25) is 19.4 Å². The van der Waals surface area contributed by atoms with E-state index in [0.29, 0.717) is 17.9 Å². The summed E-state index contributed by atoms with van der Waals surface area (Å²) in [6.07, 6.45) is -0.793. The van der Waals surface area contributed by atoms with E-state index in [1.165, 1.54) is 0 Å². The highest BCUT2D eigenvalue weighted by atomic mass is 16.5. The molecule has 2 aliphatic heterocycles. The van der Waals surface area contributed by atoms with Crippen LogP contribution in [0.15, 0.2) is 206 Å². The molecule has 0 saturated carbocycles. The fourth-order valence-electron chi connectivity index (χ4n) is 10.5. The molecule has 12 rings (SSSR count). The zero-order valence-electron chi connectivity index (χ0n) is 33.0. The van der Waals surface area contributed by atoms with E-state index in [1.54, 1.807) is 0 Å². The Morgan fingerprint density at radius 2 is 0.656 bits per heavy atom. The fraction of sp³-hybridized carbons (Fsp3) is 0.0909. The predicted octanol–water partition coefficient (Wildman–Crippen LogP) is 10.7. The number of hydrogen-bond donors (Lipinski definition) is 0. The SMILES string of the molecule is O=C1C(Oc2ccccc2)C2(c3ccccc3-c3ccccc32)N1c1ccc(Cc2ccc(N3C(=O)C(Oc4ccccc4)C34c3ccccc3-c3ccccc34)cc2)cc1. The number of para-hydroxylation sites is 2. The van der Waals surface area contributed by atoms with Gasteiger partial charge in [0.05, 0.1) is 0 Å². The van der Waals surface area contributed by atoms with Crippen molar-refractivity contribution in [2.45, 2.75) is 29.7 Å². The minimum Gasteiger partial charge on any atom is -0.477 e. The number of carbonyl (C=O) groups excluding carboxylic acids is 2. The Morgan fingerprint density at radius 1 is 0.361 bits per heavy atom. The summed E-state index contributed by atoms with van der Waals surface area (Å²) in [7, 11) is 0. The van der Waals surface area contributed by atoms with Gasteiger partial charge in [-0.05, 0) is 111 Å². The normalized spacial score (nSPS) is 18.2. The Kier molecular flexibility index (Phi) is 7.75. The van der Waals surface area contributed by atoms with Gasteiger partial charge in [-0.15, -0.1) is 0 Å². The van der Waals surface area contributed by atoms with Crippen molar-refractivity contribution in [3.05, 3.63) is 240 Å². The number of hydrogen-bond acceptors (Lipinski definition) is 4. The van der Waals surface area contributed by atoms with Crippen LogP contribution in [0.4, 0.5) is 11.4 Å². The number of fused-ring (bicyclic) bond motifs is 10. The maximum atomic E-state index is 14.4. The summed E-state index contributed by atoms with van der Waals surface area (Å²) in [5.74, 6) is 1.16. The minimum atomic E-state index is -0.825. The van der Waals surface area contributed by atoms with Crippen LogP contribution in [0.25, 0.3) is 22.3 Å². The molecule has 61 heavy (non-hydrogen) atoms. The highest BCUT2D eigenvalue weighted by Gasteiger charge is 2.69. The van der Waals surface area contributed by atoms with E-state index in [1.807, 2.05) is 94.7 Å². The van der Waals surface area contributed by atoms with Crippen molar-refractivity contribution in [2.75, 3.05) is 9.80 Å². The molecule has 8 aromatic carbocycles. The van der Waals surface area contributed by atoms with Gasteiger partial charge >= 0.3 is 0 Å². The Morgan fingerprint density at radius 3 is 0.984 bits per heavy atom. The second kappa shape index (κ2) is 13.4. The molecule has 0 radical (unpaired) electrons. The molecular formula is C55H38N2O4. The van der Waals surface area contributed by atoms with Gasteiger partial charge in [0, 0.05) is 11.4 Å². The number of benzene rings is 8. The topological polar surface area (TPSA) is 59.1 Å². The lowest BCUT2D eigenvalue weighted by atomic mass is 9.72. The standard InChI is InChI=1S/C55H38N2O4/c58-52-50(60-40-15-3-1-4-16-40)54(46-23-11-7-19-42(46)43-20-8-12-24-47(43)54)56(52)38-31-27-36(28-32-38)35-37-29-33-39(34-30-37)57-53(59)51(61-41-17-5-2-6-18-41)55(57)48-25-13-9-21-44(48)45-22-10-14-26-49(45)55/h1-34,50-51H,35H2. The van der Waals surface area contributed by atoms with Crippen molar-refractivity contribution in [1.29, 1.82) is 0 Å². The molecule has 2 saturated heterocycles. The Balaban J connectivity index is 0.857. The molecule has 2 spiro atoms. The van der Waals surface area contributed by atoms with E-state index >= 15 is 0 Å². The summed E-state index contributed by atoms with van der Waals surface area (Å²) < 4.78 is 13.2. The van der Waals surface area contributed by atoms with Crippen LogP contribution in [-0.4, -0.2) is 24.0 Å². The van der Waals surface area contributed by atoms with Crippen LogP contribution in [-0.2, 0) is 27.1 Å². The number of ether oxygens (including phenoxy) is 2. The maximum Gasteiger partial charge on any atom is 0.272 e. The Bertz CT molecular complexity index is 2720. The fourth-order valence-corrected chi connectivity index (χ4v) is 10.5. The molecule has 6 heteroatoms. The summed E-state index contributed by atoms with van der Waals surface area (Å²) >= 11 is 0. The molecule has 2 atom stereocenters. The van der Waals surface area contributed by atoms with Crippen LogP contribution in [0.1, 0.15) is 33.4 Å². The van der Waals surface area contributed by atoms with Crippen molar-refractivity contribution >= 4 is 23.2 Å². The van der Waals surface area contributed by atoms with Crippen LogP contribution < -0.4 is 19.3 Å². The molecule has 2 aliphatic carbocycles. The highest BCUT2D eigenvalue weighted by molar-refractivity contribution is 6.12. The number of β-lactam (4-membered cyclic amide) rings is 2. The predicted molar refractivity (Wildman–Crippen MR) is 238 cm³/mol. The minimum absolute atomic E-state index is 0.0825. The van der Waals surface area contributed by atoms with E-state index in [0.717, 1.165) is 67.0 Å². The second-order valence-corrected chi connectivity index (χ2v) is 16.2. The number of amides is 2. The summed E-state index contributed by atoms with van der Waals surface area (Å²) in [4.78, 5) is 32.6. The van der Waals surface area contributed by atoms with E-state index < -0.39 is 23.3 Å². The number of carbonyl (C=O) groups is 2. The number of anilines is 2. The molecule has 6 nitrogen and oxygen atoms in total.